The summed E-state index contributed by atoms with van der Waals surface area (Å²) in [6.45, 7) is 9.63. The summed E-state index contributed by atoms with van der Waals surface area (Å²) < 4.78 is 7.38. The van der Waals surface area contributed by atoms with Crippen molar-refractivity contribution in [3.63, 3.8) is 0 Å². The van der Waals surface area contributed by atoms with Crippen molar-refractivity contribution < 1.29 is 9.21 Å². The Bertz CT molecular complexity index is 957. The largest absolute Gasteiger partial charge is 0.459 e. The summed E-state index contributed by atoms with van der Waals surface area (Å²) in [5.74, 6) is 1.82. The van der Waals surface area contributed by atoms with E-state index in [4.69, 9.17) is 9.52 Å². The van der Waals surface area contributed by atoms with E-state index in [1.54, 1.807) is 18.4 Å². The molecule has 1 amide bonds. The first-order chi connectivity index (χ1) is 14.3. The minimum atomic E-state index is -0.0967. The molecule has 0 atom stereocenters. The van der Waals surface area contributed by atoms with Crippen LogP contribution in [0.3, 0.4) is 0 Å². The molecule has 0 bridgehead atoms. The fourth-order valence-corrected chi connectivity index (χ4v) is 3.69. The number of furan rings is 1. The Hall–Kier alpha value is -3.02. The van der Waals surface area contributed by atoms with E-state index in [1.807, 2.05) is 54.0 Å². The lowest BCUT2D eigenvalue weighted by molar-refractivity contribution is 0.0690. The van der Waals surface area contributed by atoms with Gasteiger partial charge >= 0.3 is 0 Å². The highest BCUT2D eigenvalue weighted by molar-refractivity contribution is 5.91. The second-order valence-corrected chi connectivity index (χ2v) is 8.54. The van der Waals surface area contributed by atoms with Crippen LogP contribution in [0.2, 0.25) is 0 Å². The van der Waals surface area contributed by atoms with Crippen molar-refractivity contribution in [3.05, 3.63) is 65.7 Å². The summed E-state index contributed by atoms with van der Waals surface area (Å²) in [5, 5.41) is 4.97. The molecule has 6 heteroatoms. The quantitative estimate of drug-likeness (QED) is 0.529. The molecule has 160 valence electrons. The average Bonchev–Trinajstić information content (AvgIpc) is 3.35. The van der Waals surface area contributed by atoms with Crippen LogP contribution in [0.4, 0.5) is 5.82 Å². The Morgan fingerprint density at radius 2 is 1.77 bits per heavy atom. The predicted molar refractivity (Wildman–Crippen MR) is 120 cm³/mol. The van der Waals surface area contributed by atoms with E-state index in [0.29, 0.717) is 24.8 Å². The zero-order valence-electron chi connectivity index (χ0n) is 18.8. The Labute approximate surface area is 179 Å². The Kier molecular flexibility index (Phi) is 6.65. The normalized spacial score (nSPS) is 11.3. The van der Waals surface area contributed by atoms with Crippen molar-refractivity contribution >= 4 is 11.7 Å². The van der Waals surface area contributed by atoms with Gasteiger partial charge in [-0.15, -0.1) is 0 Å². The van der Waals surface area contributed by atoms with Gasteiger partial charge in [-0.05, 0) is 36.1 Å². The summed E-state index contributed by atoms with van der Waals surface area (Å²) in [6.07, 6.45) is 1.54. The fraction of sp³-hybridized carbons (Fsp3) is 0.417. The molecule has 0 fully saturated rings. The molecule has 1 aromatic carbocycles. The Morgan fingerprint density at radius 3 is 2.30 bits per heavy atom. The third kappa shape index (κ3) is 4.58. The minimum absolute atomic E-state index is 0.0967. The molecule has 0 aliphatic heterocycles. The molecule has 6 nitrogen and oxygen atoms in total. The minimum Gasteiger partial charge on any atom is -0.459 e. The molecular formula is C24H32N4O2. The third-order valence-corrected chi connectivity index (χ3v) is 4.91. The van der Waals surface area contributed by atoms with Gasteiger partial charge in [0.15, 0.2) is 5.76 Å². The molecule has 30 heavy (non-hydrogen) atoms. The van der Waals surface area contributed by atoms with Gasteiger partial charge in [-0.1, -0.05) is 45.9 Å². The highest BCUT2D eigenvalue weighted by Crippen LogP contribution is 2.32. The van der Waals surface area contributed by atoms with Crippen molar-refractivity contribution in [2.45, 2.75) is 40.2 Å². The summed E-state index contributed by atoms with van der Waals surface area (Å²) in [5.41, 5.74) is 3.07. The van der Waals surface area contributed by atoms with Gasteiger partial charge in [-0.3, -0.25) is 4.79 Å². The number of para-hydroxylation sites is 1. The van der Waals surface area contributed by atoms with Crippen LogP contribution in [0.5, 0.6) is 0 Å². The average molecular weight is 409 g/mol. The molecule has 0 saturated carbocycles. The van der Waals surface area contributed by atoms with Gasteiger partial charge in [0.2, 0.25) is 0 Å². The molecule has 3 rings (SSSR count). The maximum absolute atomic E-state index is 13.2. The standard InChI is InChI=1S/C24H32N4O2/c1-17(2)15-27(24(29)21-13-10-14-30-21)16-20-22(18(3)4)25-28(23(20)26(5)6)19-11-8-7-9-12-19/h7-14,17-18H,15-16H2,1-6H3. The highest BCUT2D eigenvalue weighted by Gasteiger charge is 2.27. The molecule has 0 spiro atoms. The molecule has 0 saturated heterocycles. The molecule has 3 aromatic rings. The summed E-state index contributed by atoms with van der Waals surface area (Å²) in [4.78, 5) is 17.1. The number of carbonyl (C=O) groups is 1. The van der Waals surface area contributed by atoms with Crippen LogP contribution in [0, 0.1) is 5.92 Å². The number of hydrogen-bond donors (Lipinski definition) is 0. The van der Waals surface area contributed by atoms with Gasteiger partial charge in [0.1, 0.15) is 5.82 Å². The molecular weight excluding hydrogens is 376 g/mol. The van der Waals surface area contributed by atoms with Crippen molar-refractivity contribution in [3.8, 4) is 5.69 Å². The van der Waals surface area contributed by atoms with Gasteiger partial charge < -0.3 is 14.2 Å². The van der Waals surface area contributed by atoms with E-state index >= 15 is 0 Å². The van der Waals surface area contributed by atoms with Crippen LogP contribution in [-0.4, -0.2) is 41.2 Å². The molecule has 2 heterocycles. The summed E-state index contributed by atoms with van der Waals surface area (Å²) in [6, 6.07) is 13.6. The van der Waals surface area contributed by atoms with Crippen molar-refractivity contribution in [1.29, 1.82) is 0 Å². The molecule has 0 radical (unpaired) electrons. The zero-order valence-corrected chi connectivity index (χ0v) is 18.8. The number of aromatic nitrogens is 2. The number of hydrogen-bond acceptors (Lipinski definition) is 4. The lowest BCUT2D eigenvalue weighted by atomic mass is 10.0. The SMILES string of the molecule is CC(C)CN(Cc1c(C(C)C)nn(-c2ccccc2)c1N(C)C)C(=O)c1ccco1. The van der Waals surface area contributed by atoms with Gasteiger partial charge in [0.05, 0.1) is 24.2 Å². The van der Waals surface area contributed by atoms with Gasteiger partial charge in [-0.25, -0.2) is 4.68 Å². The number of benzene rings is 1. The molecule has 0 unspecified atom stereocenters. The van der Waals surface area contributed by atoms with Crippen LogP contribution in [0.1, 0.15) is 55.4 Å². The first-order valence-electron chi connectivity index (χ1n) is 10.5. The van der Waals surface area contributed by atoms with E-state index < -0.39 is 0 Å². The van der Waals surface area contributed by atoms with Gasteiger partial charge in [0.25, 0.3) is 5.91 Å². The number of rotatable bonds is 8. The van der Waals surface area contributed by atoms with Crippen molar-refractivity contribution in [2.75, 3.05) is 25.5 Å². The van der Waals surface area contributed by atoms with E-state index in [9.17, 15) is 4.79 Å². The summed E-state index contributed by atoms with van der Waals surface area (Å²) >= 11 is 0. The lowest BCUT2D eigenvalue weighted by Gasteiger charge is -2.26. The monoisotopic (exact) mass is 408 g/mol. The van der Waals surface area contributed by atoms with E-state index in [-0.39, 0.29) is 11.8 Å². The van der Waals surface area contributed by atoms with Crippen LogP contribution in [0.25, 0.3) is 5.69 Å². The maximum atomic E-state index is 13.2. The van der Waals surface area contributed by atoms with E-state index in [2.05, 4.69) is 32.6 Å². The zero-order chi connectivity index (χ0) is 21.8. The molecule has 0 aliphatic rings. The second kappa shape index (κ2) is 9.20. The molecule has 0 aliphatic carbocycles. The molecule has 0 N–H and O–H groups in total. The van der Waals surface area contributed by atoms with Gasteiger partial charge in [0, 0.05) is 26.2 Å². The smallest absolute Gasteiger partial charge is 0.289 e. The second-order valence-electron chi connectivity index (χ2n) is 8.54. The van der Waals surface area contributed by atoms with E-state index in [1.165, 1.54) is 0 Å². The first kappa shape index (κ1) is 21.7. The summed E-state index contributed by atoms with van der Waals surface area (Å²) in [7, 11) is 4.04. The first-order valence-corrected chi connectivity index (χ1v) is 10.5. The van der Waals surface area contributed by atoms with E-state index in [0.717, 1.165) is 22.8 Å². The Morgan fingerprint density at radius 1 is 1.07 bits per heavy atom. The number of nitrogens with zero attached hydrogens (tertiary/aromatic N) is 4. The van der Waals surface area contributed by atoms with Crippen molar-refractivity contribution in [2.24, 2.45) is 5.92 Å². The molecule has 2 aromatic heterocycles. The van der Waals surface area contributed by atoms with Crippen molar-refractivity contribution in [1.82, 2.24) is 14.7 Å². The topological polar surface area (TPSA) is 54.5 Å². The predicted octanol–water partition coefficient (Wildman–Crippen LogP) is 4.95. The lowest BCUT2D eigenvalue weighted by Crippen LogP contribution is -2.34. The van der Waals surface area contributed by atoms with Crippen LogP contribution in [0.15, 0.2) is 53.1 Å². The number of anilines is 1. The number of carbonyl (C=O) groups excluding carboxylic acids is 1. The van der Waals surface area contributed by atoms with Gasteiger partial charge in [-0.2, -0.15) is 5.10 Å². The van der Waals surface area contributed by atoms with Crippen LogP contribution < -0.4 is 4.90 Å². The third-order valence-electron chi connectivity index (χ3n) is 4.91. The number of amides is 1. The van der Waals surface area contributed by atoms with Crippen LogP contribution in [-0.2, 0) is 6.54 Å². The fourth-order valence-electron chi connectivity index (χ4n) is 3.69. The highest BCUT2D eigenvalue weighted by atomic mass is 16.3. The Balaban J connectivity index is 2.10. The van der Waals surface area contributed by atoms with Crippen LogP contribution >= 0.6 is 0 Å². The maximum Gasteiger partial charge on any atom is 0.289 e.